The number of pyridine rings is 1. The summed E-state index contributed by atoms with van der Waals surface area (Å²) in [6.07, 6.45) is 3.89. The number of hydrogen-bond acceptors (Lipinski definition) is 1. The molecule has 0 fully saturated rings. The molecule has 0 spiro atoms. The van der Waals surface area contributed by atoms with Crippen molar-refractivity contribution < 1.29 is 0 Å². The van der Waals surface area contributed by atoms with Gasteiger partial charge in [0, 0.05) is 17.8 Å². The minimum absolute atomic E-state index is 0.733. The van der Waals surface area contributed by atoms with Crippen molar-refractivity contribution in [3.05, 3.63) is 46.3 Å². The van der Waals surface area contributed by atoms with Gasteiger partial charge in [-0.1, -0.05) is 23.7 Å². The summed E-state index contributed by atoms with van der Waals surface area (Å²) in [7, 11) is 0. The van der Waals surface area contributed by atoms with E-state index in [1.54, 1.807) is 0 Å². The van der Waals surface area contributed by atoms with Crippen molar-refractivity contribution in [3.8, 4) is 0 Å². The van der Waals surface area contributed by atoms with Crippen LogP contribution in [0, 0.1) is 0 Å². The highest BCUT2D eigenvalue weighted by atomic mass is 79.9. The van der Waals surface area contributed by atoms with Crippen LogP contribution in [0.2, 0.25) is 5.02 Å². The zero-order valence-electron chi connectivity index (χ0n) is 7.61. The van der Waals surface area contributed by atoms with Gasteiger partial charge in [-0.3, -0.25) is 0 Å². The van der Waals surface area contributed by atoms with Gasteiger partial charge >= 0.3 is 0 Å². The van der Waals surface area contributed by atoms with Gasteiger partial charge < -0.3 is 4.40 Å². The highest BCUT2D eigenvalue weighted by Gasteiger charge is 2.06. The summed E-state index contributed by atoms with van der Waals surface area (Å²) in [4.78, 5) is 4.40. The summed E-state index contributed by atoms with van der Waals surface area (Å²) < 4.78 is 2.77. The molecular formula is C11H6BrClN2. The van der Waals surface area contributed by atoms with Crippen LogP contribution in [0.3, 0.4) is 0 Å². The van der Waals surface area contributed by atoms with E-state index in [0.717, 1.165) is 26.0 Å². The molecule has 0 saturated heterocycles. The molecule has 3 aromatic rings. The smallest absolute Gasteiger partial charge is 0.147 e. The summed E-state index contributed by atoms with van der Waals surface area (Å²) in [6, 6.07) is 7.89. The standard InChI is InChI=1S/C11H6BrClN2/c12-9-6-15-5-4-7-2-1-3-8(13)10(7)11(15)14-9/h1-6H. The second kappa shape index (κ2) is 3.22. The number of aromatic nitrogens is 2. The fraction of sp³-hybridized carbons (Fsp3) is 0. The zero-order valence-corrected chi connectivity index (χ0v) is 9.96. The van der Waals surface area contributed by atoms with Crippen molar-refractivity contribution in [1.82, 2.24) is 9.38 Å². The lowest BCUT2D eigenvalue weighted by molar-refractivity contribution is 1.20. The lowest BCUT2D eigenvalue weighted by atomic mass is 10.2. The van der Waals surface area contributed by atoms with Crippen molar-refractivity contribution in [2.75, 3.05) is 0 Å². The minimum atomic E-state index is 0.733. The number of benzene rings is 1. The van der Waals surface area contributed by atoms with E-state index in [9.17, 15) is 0 Å². The van der Waals surface area contributed by atoms with E-state index in [4.69, 9.17) is 11.6 Å². The molecule has 15 heavy (non-hydrogen) atoms. The number of rotatable bonds is 0. The first kappa shape index (κ1) is 9.19. The first-order valence-corrected chi connectivity index (χ1v) is 5.64. The third-order valence-electron chi connectivity index (χ3n) is 2.39. The second-order valence-corrected chi connectivity index (χ2v) is 4.53. The van der Waals surface area contributed by atoms with Crippen LogP contribution >= 0.6 is 27.5 Å². The van der Waals surface area contributed by atoms with E-state index in [-0.39, 0.29) is 0 Å². The molecular weight excluding hydrogens is 275 g/mol. The SMILES string of the molecule is Clc1cccc2ccn3cc(Br)nc3c12. The Morgan fingerprint density at radius 2 is 2.13 bits per heavy atom. The topological polar surface area (TPSA) is 17.3 Å². The van der Waals surface area contributed by atoms with Gasteiger partial charge in [-0.25, -0.2) is 4.98 Å². The molecule has 0 radical (unpaired) electrons. The molecule has 0 saturated carbocycles. The van der Waals surface area contributed by atoms with Gasteiger partial charge in [0.25, 0.3) is 0 Å². The summed E-state index contributed by atoms with van der Waals surface area (Å²) in [6.45, 7) is 0. The number of imidazole rings is 1. The van der Waals surface area contributed by atoms with E-state index in [0.29, 0.717) is 0 Å². The Morgan fingerprint density at radius 3 is 3.00 bits per heavy atom. The molecule has 0 aliphatic carbocycles. The Hall–Kier alpha value is -1.06. The van der Waals surface area contributed by atoms with Crippen LogP contribution in [0.15, 0.2) is 41.3 Å². The van der Waals surface area contributed by atoms with E-state index in [1.807, 2.05) is 41.1 Å². The molecule has 0 bridgehead atoms. The number of fused-ring (bicyclic) bond motifs is 3. The van der Waals surface area contributed by atoms with Crippen LogP contribution in [0.1, 0.15) is 0 Å². The maximum Gasteiger partial charge on any atom is 0.147 e. The molecule has 2 aromatic heterocycles. The van der Waals surface area contributed by atoms with Crippen LogP contribution in [0.25, 0.3) is 16.4 Å². The van der Waals surface area contributed by atoms with Crippen molar-refractivity contribution in [2.24, 2.45) is 0 Å². The van der Waals surface area contributed by atoms with Crippen molar-refractivity contribution in [2.45, 2.75) is 0 Å². The Balaban J connectivity index is 2.62. The zero-order chi connectivity index (χ0) is 10.4. The molecule has 2 nitrogen and oxygen atoms in total. The second-order valence-electron chi connectivity index (χ2n) is 3.31. The van der Waals surface area contributed by atoms with Crippen LogP contribution < -0.4 is 0 Å². The van der Waals surface area contributed by atoms with Gasteiger partial charge in [-0.15, -0.1) is 0 Å². The van der Waals surface area contributed by atoms with Gasteiger partial charge in [-0.05, 0) is 33.4 Å². The van der Waals surface area contributed by atoms with Gasteiger partial charge in [0.2, 0.25) is 0 Å². The molecule has 0 unspecified atom stereocenters. The third kappa shape index (κ3) is 1.34. The average Bonchev–Trinajstić information content (AvgIpc) is 2.58. The maximum atomic E-state index is 6.18. The molecule has 0 N–H and O–H groups in total. The van der Waals surface area contributed by atoms with Gasteiger partial charge in [0.15, 0.2) is 0 Å². The molecule has 3 rings (SSSR count). The monoisotopic (exact) mass is 280 g/mol. The van der Waals surface area contributed by atoms with Crippen molar-refractivity contribution in [3.63, 3.8) is 0 Å². The maximum absolute atomic E-state index is 6.18. The predicted octanol–water partition coefficient (Wildman–Crippen LogP) is 3.90. The third-order valence-corrected chi connectivity index (χ3v) is 3.08. The predicted molar refractivity (Wildman–Crippen MR) is 65.4 cm³/mol. The Kier molecular flexibility index (Phi) is 1.97. The lowest BCUT2D eigenvalue weighted by Gasteiger charge is -2.01. The summed E-state index contributed by atoms with van der Waals surface area (Å²) >= 11 is 9.54. The van der Waals surface area contributed by atoms with Crippen molar-refractivity contribution >= 4 is 44.0 Å². The number of hydrogen-bond donors (Lipinski definition) is 0. The Labute approximate surface area is 99.6 Å². The quantitative estimate of drug-likeness (QED) is 0.611. The Bertz CT molecular complexity index is 660. The van der Waals surface area contributed by atoms with E-state index in [2.05, 4.69) is 20.9 Å². The molecule has 1 aromatic carbocycles. The summed E-state index contributed by atoms with van der Waals surface area (Å²) in [5, 5.41) is 2.83. The largest absolute Gasteiger partial charge is 0.305 e. The van der Waals surface area contributed by atoms with Gasteiger partial charge in [0.05, 0.1) is 5.02 Å². The molecule has 0 aliphatic rings. The average molecular weight is 282 g/mol. The minimum Gasteiger partial charge on any atom is -0.305 e. The van der Waals surface area contributed by atoms with E-state index in [1.165, 1.54) is 0 Å². The Morgan fingerprint density at radius 1 is 1.27 bits per heavy atom. The molecule has 0 amide bonds. The molecule has 74 valence electrons. The van der Waals surface area contributed by atoms with Crippen LogP contribution in [-0.2, 0) is 0 Å². The molecule has 0 atom stereocenters. The molecule has 2 heterocycles. The molecule has 4 heteroatoms. The molecule has 0 aliphatic heterocycles. The summed E-state index contributed by atoms with van der Waals surface area (Å²) in [5.41, 5.74) is 0.880. The van der Waals surface area contributed by atoms with E-state index >= 15 is 0 Å². The van der Waals surface area contributed by atoms with Crippen LogP contribution in [-0.4, -0.2) is 9.38 Å². The van der Waals surface area contributed by atoms with Crippen LogP contribution in [0.4, 0.5) is 0 Å². The van der Waals surface area contributed by atoms with E-state index < -0.39 is 0 Å². The lowest BCUT2D eigenvalue weighted by Crippen LogP contribution is -1.84. The van der Waals surface area contributed by atoms with Crippen LogP contribution in [0.5, 0.6) is 0 Å². The normalized spacial score (nSPS) is 11.3. The van der Waals surface area contributed by atoms with Gasteiger partial charge in [-0.2, -0.15) is 0 Å². The highest BCUT2D eigenvalue weighted by Crippen LogP contribution is 2.27. The van der Waals surface area contributed by atoms with Gasteiger partial charge in [0.1, 0.15) is 10.3 Å². The fourth-order valence-electron chi connectivity index (χ4n) is 1.74. The summed E-state index contributed by atoms with van der Waals surface area (Å²) in [5.74, 6) is 0. The number of nitrogens with zero attached hydrogens (tertiary/aromatic N) is 2. The highest BCUT2D eigenvalue weighted by molar-refractivity contribution is 9.10. The fourth-order valence-corrected chi connectivity index (χ4v) is 2.39. The number of halogens is 2. The first-order valence-electron chi connectivity index (χ1n) is 4.47. The first-order chi connectivity index (χ1) is 7.25. The van der Waals surface area contributed by atoms with Crippen molar-refractivity contribution in [1.29, 1.82) is 0 Å².